The summed E-state index contributed by atoms with van der Waals surface area (Å²) < 4.78 is 19.1. The molecule has 4 saturated carbocycles. The van der Waals surface area contributed by atoms with Gasteiger partial charge < -0.3 is 20.9 Å². The topological polar surface area (TPSA) is 84.6 Å². The molecule has 0 radical (unpaired) electrons. The molecule has 0 aromatic rings. The van der Waals surface area contributed by atoms with Crippen molar-refractivity contribution < 1.29 is 19.0 Å². The third kappa shape index (κ3) is 5.69. The van der Waals surface area contributed by atoms with Gasteiger partial charge in [-0.2, -0.15) is 0 Å². The molecule has 4 N–H and O–H groups in total. The van der Waals surface area contributed by atoms with E-state index in [1.54, 1.807) is 0 Å². The van der Waals surface area contributed by atoms with Crippen LogP contribution in [-0.4, -0.2) is 49.1 Å². The van der Waals surface area contributed by atoms with E-state index >= 15 is 0 Å². The largest absolute Gasteiger partial charge is 0.481 e. The first-order valence-electron chi connectivity index (χ1n) is 18.8. The summed E-state index contributed by atoms with van der Waals surface area (Å²) in [6, 6.07) is 0. The number of alkyl halides is 1. The van der Waals surface area contributed by atoms with Gasteiger partial charge in [-0.15, -0.1) is 0 Å². The number of carbonyl (C=O) groups is 1. The highest BCUT2D eigenvalue weighted by molar-refractivity contribution is 5.67. The van der Waals surface area contributed by atoms with Gasteiger partial charge in [-0.1, -0.05) is 46.3 Å². The first-order valence-corrected chi connectivity index (χ1v) is 18.8. The Morgan fingerprint density at radius 3 is 2.62 bits per heavy atom. The Labute approximate surface area is 272 Å². The van der Waals surface area contributed by atoms with Crippen LogP contribution < -0.4 is 11.1 Å². The number of halogens is 1. The van der Waals surface area contributed by atoms with Crippen LogP contribution in [-0.2, 0) is 9.53 Å². The molecule has 5 aliphatic carbocycles. The summed E-state index contributed by atoms with van der Waals surface area (Å²) in [6.07, 6.45) is 21.2. The standard InChI is InChI=1S/C39H63FN2O3/c1-26-30(28(7-6-21-40)9-12-35(43)44)13-17-36(2)31(26)14-18-38(4)34(36)11-10-32-33-8-5-16-39(33,20-19-37(32,38)3)42-22-15-27-23-29(24-41)45-25-27/h7,13,26-27,29,31-34,42H,5-6,8-12,14-25,41H2,1-4H3,(H,43,44)/b28-7+/t26?,27?,29?,31?,32?,33-,34?,36?,37-,38?,39?/m1/s1. The van der Waals surface area contributed by atoms with Crippen LogP contribution in [0.1, 0.15) is 124 Å². The maximum Gasteiger partial charge on any atom is 0.303 e. The average molecular weight is 627 g/mol. The highest BCUT2D eigenvalue weighted by atomic mass is 19.1. The van der Waals surface area contributed by atoms with Crippen LogP contribution >= 0.6 is 0 Å². The van der Waals surface area contributed by atoms with Gasteiger partial charge in [0.25, 0.3) is 0 Å². The van der Waals surface area contributed by atoms with E-state index in [4.69, 9.17) is 10.5 Å². The van der Waals surface area contributed by atoms with Gasteiger partial charge in [-0.25, -0.2) is 0 Å². The zero-order valence-electron chi connectivity index (χ0n) is 28.9. The molecule has 1 heterocycles. The number of nitrogens with one attached hydrogen (secondary N) is 1. The number of carboxylic acids is 1. The van der Waals surface area contributed by atoms with E-state index in [0.717, 1.165) is 43.4 Å². The van der Waals surface area contributed by atoms with Crippen molar-refractivity contribution in [3.05, 3.63) is 23.3 Å². The van der Waals surface area contributed by atoms with E-state index in [1.165, 1.54) is 69.8 Å². The third-order valence-corrected chi connectivity index (χ3v) is 15.5. The van der Waals surface area contributed by atoms with Crippen molar-refractivity contribution in [3.63, 3.8) is 0 Å². The van der Waals surface area contributed by atoms with Crippen LogP contribution in [0.2, 0.25) is 0 Å². The quantitative estimate of drug-likeness (QED) is 0.215. The number of rotatable bonds is 11. The molecule has 45 heavy (non-hydrogen) atoms. The van der Waals surface area contributed by atoms with Crippen LogP contribution in [0.3, 0.4) is 0 Å². The predicted molar refractivity (Wildman–Crippen MR) is 179 cm³/mol. The molecule has 0 amide bonds. The van der Waals surface area contributed by atoms with Gasteiger partial charge in [0.05, 0.1) is 12.8 Å². The number of carboxylic acid groups (broad SMARTS) is 1. The minimum atomic E-state index is -0.772. The third-order valence-electron chi connectivity index (χ3n) is 15.5. The molecule has 9 unspecified atom stereocenters. The van der Waals surface area contributed by atoms with E-state index in [-0.39, 0.29) is 24.6 Å². The lowest BCUT2D eigenvalue weighted by atomic mass is 9.34. The van der Waals surface area contributed by atoms with Crippen molar-refractivity contribution in [2.24, 2.45) is 57.5 Å². The Hall–Kier alpha value is -1.24. The van der Waals surface area contributed by atoms with Gasteiger partial charge >= 0.3 is 5.97 Å². The van der Waals surface area contributed by atoms with Crippen LogP contribution in [0.25, 0.3) is 0 Å². The highest BCUT2D eigenvalue weighted by Gasteiger charge is 2.68. The minimum Gasteiger partial charge on any atom is -0.481 e. The van der Waals surface area contributed by atoms with Crippen LogP contribution in [0.15, 0.2) is 23.3 Å². The second kappa shape index (κ2) is 13.0. The van der Waals surface area contributed by atoms with Crippen molar-refractivity contribution in [1.82, 2.24) is 5.32 Å². The predicted octanol–water partition coefficient (Wildman–Crippen LogP) is 8.23. The fourth-order valence-corrected chi connectivity index (χ4v) is 13.0. The van der Waals surface area contributed by atoms with Gasteiger partial charge in [0.15, 0.2) is 0 Å². The Morgan fingerprint density at radius 2 is 1.89 bits per heavy atom. The summed E-state index contributed by atoms with van der Waals surface area (Å²) >= 11 is 0. The molecule has 6 rings (SSSR count). The summed E-state index contributed by atoms with van der Waals surface area (Å²) in [5.74, 6) is 3.18. The molecule has 0 aromatic heterocycles. The van der Waals surface area contributed by atoms with Gasteiger partial charge in [0.2, 0.25) is 0 Å². The number of hydrogen-bond acceptors (Lipinski definition) is 4. The molecule has 11 atom stereocenters. The summed E-state index contributed by atoms with van der Waals surface area (Å²) in [4.78, 5) is 11.4. The lowest BCUT2D eigenvalue weighted by Gasteiger charge is -2.71. The van der Waals surface area contributed by atoms with E-state index in [0.29, 0.717) is 59.4 Å². The number of ether oxygens (including phenoxy) is 1. The molecular formula is C39H63FN2O3. The van der Waals surface area contributed by atoms with Crippen LogP contribution in [0.5, 0.6) is 0 Å². The fraction of sp³-hybridized carbons (Fsp3) is 0.872. The second-order valence-electron chi connectivity index (χ2n) is 17.1. The molecule has 5 fully saturated rings. The first-order chi connectivity index (χ1) is 21.5. The fourth-order valence-electron chi connectivity index (χ4n) is 13.0. The summed E-state index contributed by atoms with van der Waals surface area (Å²) in [7, 11) is 0. The molecule has 1 aliphatic heterocycles. The summed E-state index contributed by atoms with van der Waals surface area (Å²) in [5, 5.41) is 13.6. The monoisotopic (exact) mass is 626 g/mol. The first kappa shape index (κ1) is 33.7. The lowest BCUT2D eigenvalue weighted by molar-refractivity contribution is -0.212. The maximum atomic E-state index is 13.2. The number of allylic oxidation sites excluding steroid dienone is 4. The highest BCUT2D eigenvalue weighted by Crippen LogP contribution is 2.75. The number of hydrogen-bond donors (Lipinski definition) is 3. The van der Waals surface area contributed by atoms with Crippen molar-refractivity contribution in [1.29, 1.82) is 0 Å². The number of aliphatic carboxylic acids is 1. The van der Waals surface area contributed by atoms with Gasteiger partial charge in [0.1, 0.15) is 0 Å². The van der Waals surface area contributed by atoms with Crippen LogP contribution in [0, 0.1) is 51.8 Å². The van der Waals surface area contributed by atoms with Gasteiger partial charge in [0, 0.05) is 25.1 Å². The normalized spacial score (nSPS) is 46.1. The number of nitrogens with two attached hydrogens (primary N) is 1. The van der Waals surface area contributed by atoms with E-state index in [1.807, 2.05) is 6.08 Å². The summed E-state index contributed by atoms with van der Waals surface area (Å²) in [6.45, 7) is 12.7. The lowest BCUT2D eigenvalue weighted by Crippen LogP contribution is -2.67. The molecule has 6 aliphatic rings. The Balaban J connectivity index is 1.19. The van der Waals surface area contributed by atoms with E-state index < -0.39 is 5.97 Å². The van der Waals surface area contributed by atoms with Gasteiger partial charge in [-0.05, 0) is 153 Å². The zero-order valence-corrected chi connectivity index (χ0v) is 28.9. The second-order valence-corrected chi connectivity index (χ2v) is 17.1. The average Bonchev–Trinajstić information content (AvgIpc) is 3.65. The van der Waals surface area contributed by atoms with Crippen LogP contribution in [0.4, 0.5) is 4.39 Å². The molecule has 0 aromatic carbocycles. The maximum absolute atomic E-state index is 13.2. The van der Waals surface area contributed by atoms with Gasteiger partial charge in [-0.3, -0.25) is 9.18 Å². The molecule has 254 valence electrons. The molecule has 6 heteroatoms. The Kier molecular flexibility index (Phi) is 9.72. The minimum absolute atomic E-state index is 0.117. The molecule has 1 saturated heterocycles. The van der Waals surface area contributed by atoms with Crippen molar-refractivity contribution in [2.45, 2.75) is 136 Å². The van der Waals surface area contributed by atoms with Crippen molar-refractivity contribution in [2.75, 3.05) is 26.4 Å². The molecule has 5 nitrogen and oxygen atoms in total. The van der Waals surface area contributed by atoms with E-state index in [2.05, 4.69) is 39.1 Å². The van der Waals surface area contributed by atoms with Crippen molar-refractivity contribution in [3.8, 4) is 0 Å². The molecule has 0 spiro atoms. The smallest absolute Gasteiger partial charge is 0.303 e. The van der Waals surface area contributed by atoms with E-state index in [9.17, 15) is 14.3 Å². The SMILES string of the molecule is CC1C(/C(=C/CCF)CCC(=O)O)=CCC2(C)C1CCC1(C)C2CCC2[C@H]3CCCC3(NCCC3COC(CN)C3)CC[C@]21C. The summed E-state index contributed by atoms with van der Waals surface area (Å²) in [5.41, 5.74) is 9.58. The van der Waals surface area contributed by atoms with Crippen molar-refractivity contribution >= 4 is 5.97 Å². The Morgan fingerprint density at radius 1 is 1.07 bits per heavy atom. The number of fused-ring (bicyclic) bond motifs is 7. The zero-order chi connectivity index (χ0) is 32.0. The Bertz CT molecular complexity index is 1160. The molecular weight excluding hydrogens is 563 g/mol. The molecule has 0 bridgehead atoms.